The van der Waals surface area contributed by atoms with E-state index in [4.69, 9.17) is 37.9 Å². The molecule has 0 aromatic rings. The lowest BCUT2D eigenvalue weighted by Gasteiger charge is -2.65. The lowest BCUT2D eigenvalue weighted by atomic mass is 9.42. The molecule has 0 amide bonds. The van der Waals surface area contributed by atoms with Crippen molar-refractivity contribution in [1.82, 2.24) is 0 Å². The molecule has 9 nitrogen and oxygen atoms in total. The standard InChI is InChI=1S/C54H92O9.2CH4.B.FH.HI.2H2/c1-16-42-35(10)46(61-48-33(8)29(4)31(6)37(12)57-48)47(62-49-34(9)30(5)32(7)38(13)58-49)50(59-42)60-44-25-53(55)21-18-39-40(52(53,15)24-28(44)3)19-20-51(14)41(39)23-43-45(51)36(11)54(63-43)22-17-27(2)26-56-54;;;;;;;/h27-50,55H,16-26H2,1-15H3;2*1H4;;4*1H/i;;;;;;1+1;. The van der Waals surface area contributed by atoms with E-state index in [0.29, 0.717) is 65.6 Å². The Hall–Kier alpha value is 0.365. The van der Waals surface area contributed by atoms with Crippen molar-refractivity contribution in [2.45, 2.75) is 256 Å². The maximum atomic E-state index is 13.2. The van der Waals surface area contributed by atoms with Crippen LogP contribution in [0, 0.1) is 93.7 Å². The smallest absolute Gasteiger partial charge is 0.187 e. The first-order valence-corrected chi connectivity index (χ1v) is 26.6. The first-order chi connectivity index (χ1) is 29.7. The highest BCUT2D eigenvalue weighted by Crippen LogP contribution is 2.72. The third kappa shape index (κ3) is 9.77. The van der Waals surface area contributed by atoms with Gasteiger partial charge in [-0.1, -0.05) is 105 Å². The van der Waals surface area contributed by atoms with Crippen LogP contribution in [-0.4, -0.2) is 93.1 Å². The first kappa shape index (κ1) is 60.9. The molecule has 9 aliphatic rings. The summed E-state index contributed by atoms with van der Waals surface area (Å²) in [4.78, 5) is 0. The van der Waals surface area contributed by atoms with Crippen molar-refractivity contribution < 1.29 is 50.6 Å². The lowest BCUT2D eigenvalue weighted by molar-refractivity contribution is -0.379. The van der Waals surface area contributed by atoms with Crippen LogP contribution in [-0.2, 0) is 37.9 Å². The van der Waals surface area contributed by atoms with Gasteiger partial charge < -0.3 is 43.0 Å². The largest absolute Gasteiger partial charge is 0.389 e. The second-order valence-electron chi connectivity index (χ2n) is 25.0. The molecular formula is C56H106BFIO9. The van der Waals surface area contributed by atoms with Crippen LogP contribution in [0.1, 0.15) is 186 Å². The van der Waals surface area contributed by atoms with Crippen molar-refractivity contribution >= 4 is 32.4 Å². The summed E-state index contributed by atoms with van der Waals surface area (Å²) in [5.74, 6) is 5.34. The molecule has 4 aliphatic carbocycles. The summed E-state index contributed by atoms with van der Waals surface area (Å²) in [5.41, 5.74) is -0.754. The van der Waals surface area contributed by atoms with E-state index in [1.165, 1.54) is 19.3 Å². The molecule has 0 bridgehead atoms. The van der Waals surface area contributed by atoms with Crippen LogP contribution in [0.15, 0.2) is 0 Å². The van der Waals surface area contributed by atoms with Crippen molar-refractivity contribution in [3.63, 3.8) is 0 Å². The Bertz CT molecular complexity index is 1640. The Kier molecular flexibility index (Phi) is 20.0. The molecule has 12 heteroatoms. The van der Waals surface area contributed by atoms with Crippen LogP contribution in [0.3, 0.4) is 0 Å². The number of hydrogen-bond acceptors (Lipinski definition) is 9. The third-order valence-corrected chi connectivity index (χ3v) is 22.1. The number of halogens is 2. The Morgan fingerprint density at radius 3 is 1.81 bits per heavy atom. The molecule has 9 fully saturated rings. The minimum atomic E-state index is -0.817. The molecule has 28 unspecified atom stereocenters. The molecule has 5 saturated heterocycles. The Morgan fingerprint density at radius 2 is 1.25 bits per heavy atom. The maximum absolute atomic E-state index is 13.2. The highest BCUT2D eigenvalue weighted by molar-refractivity contribution is 14.0. The van der Waals surface area contributed by atoms with Gasteiger partial charge in [0.15, 0.2) is 24.7 Å². The summed E-state index contributed by atoms with van der Waals surface area (Å²) in [6, 6.07) is 0. The van der Waals surface area contributed by atoms with Gasteiger partial charge in [-0.3, -0.25) is 4.70 Å². The monoisotopic (exact) mass is 1080 g/mol. The average Bonchev–Trinajstić information content (AvgIpc) is 3.69. The molecule has 1 N–H and O–H groups in total. The molecule has 3 radical (unpaired) electrons. The van der Waals surface area contributed by atoms with Crippen molar-refractivity contribution in [2.75, 3.05) is 6.61 Å². The molecule has 401 valence electrons. The molecule has 0 aromatic heterocycles. The van der Waals surface area contributed by atoms with Crippen LogP contribution in [0.4, 0.5) is 4.70 Å². The fourth-order valence-corrected chi connectivity index (χ4v) is 16.7. The molecule has 5 aliphatic heterocycles. The van der Waals surface area contributed by atoms with E-state index < -0.39 is 24.3 Å². The topological polar surface area (TPSA) is 94.1 Å². The van der Waals surface area contributed by atoms with Gasteiger partial charge >= 0.3 is 0 Å². The number of hydrogen-bond donors (Lipinski definition) is 1. The number of aliphatic hydroxyl groups is 1. The fraction of sp³-hybridized carbons (Fsp3) is 1.00. The van der Waals surface area contributed by atoms with Crippen LogP contribution in [0.2, 0.25) is 0 Å². The zero-order valence-corrected chi connectivity index (χ0v) is 46.1. The van der Waals surface area contributed by atoms with Crippen LogP contribution < -0.4 is 0 Å². The Balaban J connectivity index is 0.00000240. The second kappa shape index (κ2) is 22.3. The minimum absolute atomic E-state index is 0. The van der Waals surface area contributed by atoms with E-state index in [1.54, 1.807) is 0 Å². The Labute approximate surface area is 437 Å². The zero-order chi connectivity index (χ0) is 45.3. The van der Waals surface area contributed by atoms with Crippen molar-refractivity contribution in [3.8, 4) is 0 Å². The molecule has 28 atom stereocenters. The molecule has 1 spiro atoms. The molecule has 0 aromatic carbocycles. The van der Waals surface area contributed by atoms with Gasteiger partial charge in [0.2, 0.25) is 0 Å². The van der Waals surface area contributed by atoms with E-state index in [-0.39, 0.29) is 138 Å². The van der Waals surface area contributed by atoms with Gasteiger partial charge in [-0.05, 0) is 135 Å². The van der Waals surface area contributed by atoms with Gasteiger partial charge in [0, 0.05) is 47.8 Å². The SMILES string of the molecule is C.C.CCC1OC(OC2CC3(O)CCC4C5CC6OC7(CCC(C)CO7)C(C)C6C5(C)CCC4C3(C)CC2C)C(OC2OC(C)C(C)C(C)C2C)C(OC2OC(C)C(C)C(C)C2C)C1C.F.I.[2HH].[B].[HH]. The summed E-state index contributed by atoms with van der Waals surface area (Å²) in [7, 11) is 0. The van der Waals surface area contributed by atoms with Crippen LogP contribution in [0.5, 0.6) is 0 Å². The predicted molar refractivity (Wildman–Crippen MR) is 285 cm³/mol. The Morgan fingerprint density at radius 1 is 0.662 bits per heavy atom. The second-order valence-corrected chi connectivity index (χ2v) is 25.0. The molecule has 5 heterocycles. The number of rotatable bonds is 7. The molecule has 68 heavy (non-hydrogen) atoms. The molecule has 9 rings (SSSR count). The summed E-state index contributed by atoms with van der Waals surface area (Å²) in [6.45, 7) is 35.6. The highest BCUT2D eigenvalue weighted by Gasteiger charge is 2.71. The minimum Gasteiger partial charge on any atom is -0.389 e. The summed E-state index contributed by atoms with van der Waals surface area (Å²) in [5, 5.41) is 13.2. The van der Waals surface area contributed by atoms with Gasteiger partial charge in [-0.15, -0.1) is 24.0 Å². The van der Waals surface area contributed by atoms with Gasteiger partial charge in [0.25, 0.3) is 0 Å². The van der Waals surface area contributed by atoms with Crippen molar-refractivity contribution in [3.05, 3.63) is 0 Å². The van der Waals surface area contributed by atoms with Gasteiger partial charge in [0.05, 0.1) is 48.8 Å². The van der Waals surface area contributed by atoms with Crippen LogP contribution >= 0.6 is 24.0 Å². The fourth-order valence-electron chi connectivity index (χ4n) is 16.7. The summed E-state index contributed by atoms with van der Waals surface area (Å²) >= 11 is 0. The molecule has 4 saturated carbocycles. The zero-order valence-electron chi connectivity index (χ0n) is 43.7. The quantitative estimate of drug-likeness (QED) is 0.152. The van der Waals surface area contributed by atoms with E-state index in [2.05, 4.69) is 104 Å². The van der Waals surface area contributed by atoms with E-state index in [1.807, 2.05) is 0 Å². The van der Waals surface area contributed by atoms with Crippen molar-refractivity contribution in [2.24, 2.45) is 93.7 Å². The highest BCUT2D eigenvalue weighted by atomic mass is 127. The number of ether oxygens (including phenoxy) is 8. The van der Waals surface area contributed by atoms with Gasteiger partial charge in [-0.25, -0.2) is 0 Å². The first-order valence-electron chi connectivity index (χ1n) is 26.6. The van der Waals surface area contributed by atoms with Gasteiger partial charge in [-0.2, -0.15) is 0 Å². The molecular weight excluding hydrogens is 973 g/mol. The summed E-state index contributed by atoms with van der Waals surface area (Å²) < 4.78 is 56.1. The third-order valence-electron chi connectivity index (χ3n) is 22.1. The lowest BCUT2D eigenvalue weighted by Crippen LogP contribution is -2.66. The normalized spacial score (nSPS) is 56.1. The van der Waals surface area contributed by atoms with Gasteiger partial charge in [0.1, 0.15) is 6.10 Å². The van der Waals surface area contributed by atoms with E-state index in [0.717, 1.165) is 45.1 Å². The average molecular weight is 1080 g/mol. The summed E-state index contributed by atoms with van der Waals surface area (Å²) in [6.07, 6.45) is 7.94. The predicted octanol–water partition coefficient (Wildman–Crippen LogP) is 13.2. The van der Waals surface area contributed by atoms with Crippen molar-refractivity contribution in [1.29, 1.82) is 0 Å². The van der Waals surface area contributed by atoms with E-state index in [9.17, 15) is 5.11 Å². The number of fused-ring (bicyclic) bond motifs is 7. The van der Waals surface area contributed by atoms with Crippen LogP contribution in [0.25, 0.3) is 0 Å². The van der Waals surface area contributed by atoms with E-state index >= 15 is 0 Å². The maximum Gasteiger partial charge on any atom is 0.187 e.